The van der Waals surface area contributed by atoms with Crippen molar-refractivity contribution in [3.63, 3.8) is 0 Å². The molecule has 2 aromatic carbocycles. The second-order valence-electron chi connectivity index (χ2n) is 4.42. The fourth-order valence-electron chi connectivity index (χ4n) is 1.67. The molecule has 0 atom stereocenters. The van der Waals surface area contributed by atoms with Crippen molar-refractivity contribution in [3.05, 3.63) is 65.5 Å². The number of nitrogen functional groups attached to an aromatic ring is 1. The first-order valence-electron chi connectivity index (χ1n) is 6.16. The SMILES string of the molecule is Cc1ccc(/C=C/C(=O)Nc2ccccc2F)cc1N. The molecule has 0 unspecified atom stereocenters. The van der Waals surface area contributed by atoms with Gasteiger partial charge in [-0.2, -0.15) is 0 Å². The standard InChI is InChI=1S/C16H15FN2O/c1-11-6-7-12(10-14(11)18)8-9-16(20)19-15-5-3-2-4-13(15)17/h2-10H,18H2,1H3,(H,19,20)/b9-8+. The number of nitrogens with two attached hydrogens (primary N) is 1. The maximum absolute atomic E-state index is 13.4. The lowest BCUT2D eigenvalue weighted by Gasteiger charge is -2.03. The van der Waals surface area contributed by atoms with Gasteiger partial charge in [0.15, 0.2) is 0 Å². The molecule has 2 rings (SSSR count). The Kier molecular flexibility index (Phi) is 4.15. The Hall–Kier alpha value is -2.62. The normalized spacial score (nSPS) is 10.7. The van der Waals surface area contributed by atoms with Gasteiger partial charge in [-0.3, -0.25) is 4.79 Å². The summed E-state index contributed by atoms with van der Waals surface area (Å²) in [4.78, 5) is 11.7. The summed E-state index contributed by atoms with van der Waals surface area (Å²) >= 11 is 0. The van der Waals surface area contributed by atoms with Gasteiger partial charge in [-0.25, -0.2) is 4.39 Å². The van der Waals surface area contributed by atoms with Gasteiger partial charge in [0.25, 0.3) is 0 Å². The third kappa shape index (κ3) is 3.45. The van der Waals surface area contributed by atoms with Crippen molar-refractivity contribution >= 4 is 23.4 Å². The number of aryl methyl sites for hydroxylation is 1. The van der Waals surface area contributed by atoms with Crippen LogP contribution < -0.4 is 11.1 Å². The lowest BCUT2D eigenvalue weighted by molar-refractivity contribution is -0.111. The molecule has 0 bridgehead atoms. The zero-order valence-electron chi connectivity index (χ0n) is 11.1. The van der Waals surface area contributed by atoms with Crippen molar-refractivity contribution in [1.82, 2.24) is 0 Å². The molecule has 1 amide bonds. The summed E-state index contributed by atoms with van der Waals surface area (Å²) in [5.41, 5.74) is 8.41. The number of hydrogen-bond acceptors (Lipinski definition) is 2. The second kappa shape index (κ2) is 6.02. The summed E-state index contributed by atoms with van der Waals surface area (Å²) < 4.78 is 13.4. The van der Waals surface area contributed by atoms with Crippen molar-refractivity contribution in [1.29, 1.82) is 0 Å². The van der Waals surface area contributed by atoms with Crippen LogP contribution >= 0.6 is 0 Å². The summed E-state index contributed by atoms with van der Waals surface area (Å²) in [6, 6.07) is 11.5. The molecule has 0 aliphatic rings. The summed E-state index contributed by atoms with van der Waals surface area (Å²) in [7, 11) is 0. The monoisotopic (exact) mass is 270 g/mol. The Morgan fingerprint density at radius 1 is 1.25 bits per heavy atom. The van der Waals surface area contributed by atoms with E-state index in [1.165, 1.54) is 18.2 Å². The molecule has 0 saturated carbocycles. The van der Waals surface area contributed by atoms with Crippen LogP contribution in [0.5, 0.6) is 0 Å². The first kappa shape index (κ1) is 13.8. The average Bonchev–Trinajstić information content (AvgIpc) is 2.43. The molecule has 102 valence electrons. The van der Waals surface area contributed by atoms with Crippen LogP contribution in [0.2, 0.25) is 0 Å². The van der Waals surface area contributed by atoms with E-state index < -0.39 is 11.7 Å². The summed E-state index contributed by atoms with van der Waals surface area (Å²) in [5, 5.41) is 2.47. The average molecular weight is 270 g/mol. The highest BCUT2D eigenvalue weighted by molar-refractivity contribution is 6.02. The van der Waals surface area contributed by atoms with Crippen molar-refractivity contribution in [2.75, 3.05) is 11.1 Å². The predicted octanol–water partition coefficient (Wildman–Crippen LogP) is 3.37. The van der Waals surface area contributed by atoms with Gasteiger partial charge in [-0.1, -0.05) is 24.3 Å². The maximum atomic E-state index is 13.4. The van der Waals surface area contributed by atoms with Gasteiger partial charge in [0.1, 0.15) is 5.82 Å². The number of hydrogen-bond donors (Lipinski definition) is 2. The molecule has 0 aliphatic carbocycles. The number of nitrogens with one attached hydrogen (secondary N) is 1. The quantitative estimate of drug-likeness (QED) is 0.663. The maximum Gasteiger partial charge on any atom is 0.248 e. The van der Waals surface area contributed by atoms with Crippen LogP contribution in [0.15, 0.2) is 48.5 Å². The lowest BCUT2D eigenvalue weighted by Crippen LogP contribution is -2.09. The van der Waals surface area contributed by atoms with E-state index in [-0.39, 0.29) is 5.69 Å². The number of carbonyl (C=O) groups is 1. The van der Waals surface area contributed by atoms with Crippen molar-refractivity contribution in [2.45, 2.75) is 6.92 Å². The Labute approximate surface area is 116 Å². The lowest BCUT2D eigenvalue weighted by atomic mass is 10.1. The zero-order valence-corrected chi connectivity index (χ0v) is 11.1. The van der Waals surface area contributed by atoms with E-state index >= 15 is 0 Å². The molecule has 2 aromatic rings. The third-order valence-corrected chi connectivity index (χ3v) is 2.86. The van der Waals surface area contributed by atoms with Crippen LogP contribution in [0, 0.1) is 12.7 Å². The number of halogens is 1. The molecule has 20 heavy (non-hydrogen) atoms. The number of amides is 1. The minimum absolute atomic E-state index is 0.158. The molecule has 3 nitrogen and oxygen atoms in total. The van der Waals surface area contributed by atoms with Gasteiger partial charge in [0.05, 0.1) is 5.69 Å². The summed E-state index contributed by atoms with van der Waals surface area (Å²) in [6.45, 7) is 1.91. The highest BCUT2D eigenvalue weighted by Crippen LogP contribution is 2.15. The molecule has 0 heterocycles. The van der Waals surface area contributed by atoms with E-state index in [1.54, 1.807) is 24.3 Å². The molecule has 0 saturated heterocycles. The van der Waals surface area contributed by atoms with Crippen molar-refractivity contribution < 1.29 is 9.18 Å². The van der Waals surface area contributed by atoms with Crippen molar-refractivity contribution in [3.8, 4) is 0 Å². The van der Waals surface area contributed by atoms with E-state index in [9.17, 15) is 9.18 Å². The zero-order chi connectivity index (χ0) is 14.5. The Morgan fingerprint density at radius 3 is 2.70 bits per heavy atom. The molecule has 3 N–H and O–H groups in total. The molecule has 4 heteroatoms. The summed E-state index contributed by atoms with van der Waals surface area (Å²) in [6.07, 6.45) is 2.97. The van der Waals surface area contributed by atoms with Gasteiger partial charge >= 0.3 is 0 Å². The minimum Gasteiger partial charge on any atom is -0.398 e. The fourth-order valence-corrected chi connectivity index (χ4v) is 1.67. The molecule has 0 aromatic heterocycles. The Morgan fingerprint density at radius 2 is 2.00 bits per heavy atom. The molecular weight excluding hydrogens is 255 g/mol. The fraction of sp³-hybridized carbons (Fsp3) is 0.0625. The summed E-state index contributed by atoms with van der Waals surface area (Å²) in [5.74, 6) is -0.858. The number of anilines is 2. The van der Waals surface area contributed by atoms with Crippen LogP contribution in [0.3, 0.4) is 0 Å². The van der Waals surface area contributed by atoms with Gasteiger partial charge < -0.3 is 11.1 Å². The molecule has 0 fully saturated rings. The van der Waals surface area contributed by atoms with E-state index in [0.717, 1.165) is 11.1 Å². The van der Waals surface area contributed by atoms with E-state index in [1.807, 2.05) is 19.1 Å². The second-order valence-corrected chi connectivity index (χ2v) is 4.42. The Bertz CT molecular complexity index is 665. The van der Waals surface area contributed by atoms with Crippen molar-refractivity contribution in [2.24, 2.45) is 0 Å². The number of para-hydroxylation sites is 1. The van der Waals surface area contributed by atoms with Crippen LogP contribution in [0.4, 0.5) is 15.8 Å². The van der Waals surface area contributed by atoms with E-state index in [2.05, 4.69) is 5.32 Å². The minimum atomic E-state index is -0.464. The number of carbonyl (C=O) groups excluding carboxylic acids is 1. The molecule has 0 aliphatic heterocycles. The van der Waals surface area contributed by atoms with Gasteiger partial charge in [0.2, 0.25) is 5.91 Å². The van der Waals surface area contributed by atoms with Gasteiger partial charge in [0, 0.05) is 11.8 Å². The number of benzene rings is 2. The highest BCUT2D eigenvalue weighted by Gasteiger charge is 2.03. The number of rotatable bonds is 3. The Balaban J connectivity index is 2.06. The van der Waals surface area contributed by atoms with Crippen LogP contribution in [-0.4, -0.2) is 5.91 Å². The molecular formula is C16H15FN2O. The van der Waals surface area contributed by atoms with Crippen LogP contribution in [0.1, 0.15) is 11.1 Å². The topological polar surface area (TPSA) is 55.1 Å². The van der Waals surface area contributed by atoms with Gasteiger partial charge in [-0.05, 0) is 42.3 Å². The molecule has 0 radical (unpaired) electrons. The smallest absolute Gasteiger partial charge is 0.248 e. The predicted molar refractivity (Wildman–Crippen MR) is 79.7 cm³/mol. The van der Waals surface area contributed by atoms with E-state index in [0.29, 0.717) is 5.69 Å². The van der Waals surface area contributed by atoms with E-state index in [4.69, 9.17) is 5.73 Å². The third-order valence-electron chi connectivity index (χ3n) is 2.86. The highest BCUT2D eigenvalue weighted by atomic mass is 19.1. The first-order valence-corrected chi connectivity index (χ1v) is 6.16. The van der Waals surface area contributed by atoms with Crippen LogP contribution in [0.25, 0.3) is 6.08 Å². The molecule has 0 spiro atoms. The van der Waals surface area contributed by atoms with Crippen LogP contribution in [-0.2, 0) is 4.79 Å². The largest absolute Gasteiger partial charge is 0.398 e. The first-order chi connectivity index (χ1) is 9.56. The van der Waals surface area contributed by atoms with Gasteiger partial charge in [-0.15, -0.1) is 0 Å².